The monoisotopic (exact) mass is 282 g/mol. The van der Waals surface area contributed by atoms with Crippen LogP contribution in [0.15, 0.2) is 6.33 Å². The average molecular weight is 283 g/mol. The Morgan fingerprint density at radius 2 is 2.21 bits per heavy atom. The maximum absolute atomic E-state index is 11.7. The van der Waals surface area contributed by atoms with Gasteiger partial charge in [0.25, 0.3) is 0 Å². The molecular weight excluding hydrogens is 268 g/mol. The Labute approximate surface area is 115 Å². The standard InChI is InChI=1S/C11H15ClN6O/c1-11(2,9(19)13-3)4-14-7-6-8(16-5-15-6)18-10(12)17-7/h5H,4H2,1-3H3,(H,13,19)(H2,14,15,16,17,18). The van der Waals surface area contributed by atoms with Crippen molar-refractivity contribution in [2.24, 2.45) is 5.41 Å². The van der Waals surface area contributed by atoms with E-state index in [2.05, 4.69) is 30.6 Å². The number of halogens is 1. The summed E-state index contributed by atoms with van der Waals surface area (Å²) < 4.78 is 0. The summed E-state index contributed by atoms with van der Waals surface area (Å²) in [6.07, 6.45) is 1.52. The Kier molecular flexibility index (Phi) is 3.57. The van der Waals surface area contributed by atoms with Gasteiger partial charge in [-0.1, -0.05) is 0 Å². The zero-order valence-electron chi connectivity index (χ0n) is 10.9. The molecule has 2 rings (SSSR count). The minimum absolute atomic E-state index is 0.0546. The number of H-pyrrole nitrogens is 1. The molecule has 102 valence electrons. The number of imidazole rings is 1. The van der Waals surface area contributed by atoms with E-state index < -0.39 is 5.41 Å². The molecule has 0 atom stereocenters. The van der Waals surface area contributed by atoms with Crippen molar-refractivity contribution in [2.45, 2.75) is 13.8 Å². The smallest absolute Gasteiger partial charge is 0.227 e. The number of fused-ring (bicyclic) bond motifs is 1. The molecule has 19 heavy (non-hydrogen) atoms. The number of rotatable bonds is 4. The van der Waals surface area contributed by atoms with E-state index in [4.69, 9.17) is 11.6 Å². The molecule has 1 amide bonds. The minimum atomic E-state index is -0.571. The molecule has 2 aromatic heterocycles. The maximum Gasteiger partial charge on any atom is 0.227 e. The molecule has 0 bridgehead atoms. The minimum Gasteiger partial charge on any atom is -0.367 e. The molecule has 0 saturated heterocycles. The zero-order valence-corrected chi connectivity index (χ0v) is 11.7. The predicted octanol–water partition coefficient (Wildman–Crippen LogP) is 1.19. The van der Waals surface area contributed by atoms with E-state index in [-0.39, 0.29) is 11.2 Å². The molecule has 3 N–H and O–H groups in total. The van der Waals surface area contributed by atoms with Crippen molar-refractivity contribution in [3.63, 3.8) is 0 Å². The van der Waals surface area contributed by atoms with E-state index in [1.54, 1.807) is 7.05 Å². The van der Waals surface area contributed by atoms with Gasteiger partial charge in [-0.05, 0) is 25.4 Å². The highest BCUT2D eigenvalue weighted by atomic mass is 35.5. The Morgan fingerprint density at radius 1 is 1.47 bits per heavy atom. The van der Waals surface area contributed by atoms with Crippen LogP contribution in [0.3, 0.4) is 0 Å². The molecule has 2 aromatic rings. The first-order valence-electron chi connectivity index (χ1n) is 5.77. The van der Waals surface area contributed by atoms with Crippen LogP contribution in [-0.2, 0) is 4.79 Å². The van der Waals surface area contributed by atoms with Crippen molar-refractivity contribution in [1.82, 2.24) is 25.3 Å². The summed E-state index contributed by atoms with van der Waals surface area (Å²) in [6, 6.07) is 0. The van der Waals surface area contributed by atoms with E-state index in [0.29, 0.717) is 23.5 Å². The number of aromatic amines is 1. The summed E-state index contributed by atoms with van der Waals surface area (Å²) in [5.74, 6) is 0.477. The van der Waals surface area contributed by atoms with Gasteiger partial charge in [-0.2, -0.15) is 9.97 Å². The van der Waals surface area contributed by atoms with Gasteiger partial charge in [-0.15, -0.1) is 0 Å². The number of nitrogens with one attached hydrogen (secondary N) is 3. The van der Waals surface area contributed by atoms with E-state index in [9.17, 15) is 4.79 Å². The van der Waals surface area contributed by atoms with Crippen LogP contribution in [0.25, 0.3) is 11.2 Å². The molecular formula is C11H15ClN6O. The maximum atomic E-state index is 11.7. The van der Waals surface area contributed by atoms with E-state index >= 15 is 0 Å². The number of amides is 1. The van der Waals surface area contributed by atoms with Crippen LogP contribution in [-0.4, -0.2) is 39.4 Å². The first-order chi connectivity index (χ1) is 8.94. The highest BCUT2D eigenvalue weighted by Crippen LogP contribution is 2.21. The number of nitrogens with zero attached hydrogens (tertiary/aromatic N) is 3. The van der Waals surface area contributed by atoms with Gasteiger partial charge in [0.05, 0.1) is 11.7 Å². The summed E-state index contributed by atoms with van der Waals surface area (Å²) in [7, 11) is 1.61. The fourth-order valence-electron chi connectivity index (χ4n) is 1.66. The first kappa shape index (κ1) is 13.5. The second-order valence-electron chi connectivity index (χ2n) is 4.76. The molecule has 0 aliphatic carbocycles. The topological polar surface area (TPSA) is 95.6 Å². The third kappa shape index (κ3) is 2.76. The second-order valence-corrected chi connectivity index (χ2v) is 5.10. The van der Waals surface area contributed by atoms with Crippen molar-refractivity contribution >= 4 is 34.5 Å². The Hall–Kier alpha value is -1.89. The van der Waals surface area contributed by atoms with Gasteiger partial charge in [0.1, 0.15) is 5.52 Å². The van der Waals surface area contributed by atoms with E-state index in [1.807, 2.05) is 13.8 Å². The van der Waals surface area contributed by atoms with Crippen molar-refractivity contribution in [3.05, 3.63) is 11.6 Å². The van der Waals surface area contributed by atoms with Gasteiger partial charge in [0.15, 0.2) is 11.5 Å². The number of hydrogen-bond acceptors (Lipinski definition) is 5. The van der Waals surface area contributed by atoms with Crippen LogP contribution in [0.1, 0.15) is 13.8 Å². The Bertz CT molecular complexity index is 608. The van der Waals surface area contributed by atoms with Crippen LogP contribution in [0, 0.1) is 5.41 Å². The first-order valence-corrected chi connectivity index (χ1v) is 6.14. The molecule has 0 saturated carbocycles. The van der Waals surface area contributed by atoms with E-state index in [1.165, 1.54) is 6.33 Å². The molecule has 8 heteroatoms. The fourth-order valence-corrected chi connectivity index (χ4v) is 1.82. The second kappa shape index (κ2) is 5.00. The SMILES string of the molecule is CNC(=O)C(C)(C)CNc1nc(Cl)nc2nc[nH]c12. The number of anilines is 1. The molecule has 7 nitrogen and oxygen atoms in total. The van der Waals surface area contributed by atoms with Crippen molar-refractivity contribution in [3.8, 4) is 0 Å². The highest BCUT2D eigenvalue weighted by Gasteiger charge is 2.26. The molecule has 0 radical (unpaired) electrons. The molecule has 0 spiro atoms. The fraction of sp³-hybridized carbons (Fsp3) is 0.455. The lowest BCUT2D eigenvalue weighted by molar-refractivity contribution is -0.128. The largest absolute Gasteiger partial charge is 0.367 e. The predicted molar refractivity (Wildman–Crippen MR) is 73.0 cm³/mol. The zero-order chi connectivity index (χ0) is 14.0. The van der Waals surface area contributed by atoms with Gasteiger partial charge in [0.2, 0.25) is 11.2 Å². The van der Waals surface area contributed by atoms with Crippen LogP contribution >= 0.6 is 11.6 Å². The number of carbonyl (C=O) groups excluding carboxylic acids is 1. The van der Waals surface area contributed by atoms with Gasteiger partial charge < -0.3 is 15.6 Å². The lowest BCUT2D eigenvalue weighted by Gasteiger charge is -2.23. The van der Waals surface area contributed by atoms with Gasteiger partial charge in [0, 0.05) is 13.6 Å². The van der Waals surface area contributed by atoms with Crippen LogP contribution < -0.4 is 10.6 Å². The third-order valence-electron chi connectivity index (χ3n) is 2.80. The summed E-state index contributed by atoms with van der Waals surface area (Å²) in [5.41, 5.74) is 0.579. The van der Waals surface area contributed by atoms with Crippen LogP contribution in [0.4, 0.5) is 5.82 Å². The quantitative estimate of drug-likeness (QED) is 0.732. The number of hydrogen-bond donors (Lipinski definition) is 3. The van der Waals surface area contributed by atoms with Crippen molar-refractivity contribution in [1.29, 1.82) is 0 Å². The van der Waals surface area contributed by atoms with Gasteiger partial charge in [-0.25, -0.2) is 4.98 Å². The molecule has 0 aliphatic heterocycles. The lowest BCUT2D eigenvalue weighted by atomic mass is 9.92. The summed E-state index contributed by atoms with van der Waals surface area (Å²) in [5, 5.41) is 5.84. The van der Waals surface area contributed by atoms with Gasteiger partial charge >= 0.3 is 0 Å². The van der Waals surface area contributed by atoms with Gasteiger partial charge in [-0.3, -0.25) is 4.79 Å². The number of carbonyl (C=O) groups is 1. The molecule has 0 unspecified atom stereocenters. The summed E-state index contributed by atoms with van der Waals surface area (Å²) in [6.45, 7) is 4.09. The molecule has 0 aromatic carbocycles. The van der Waals surface area contributed by atoms with Crippen LogP contribution in [0.2, 0.25) is 5.28 Å². The van der Waals surface area contributed by atoms with Crippen LogP contribution in [0.5, 0.6) is 0 Å². The number of aromatic nitrogens is 4. The third-order valence-corrected chi connectivity index (χ3v) is 2.97. The summed E-state index contributed by atoms with van der Waals surface area (Å²) >= 11 is 5.83. The highest BCUT2D eigenvalue weighted by molar-refractivity contribution is 6.28. The molecule has 0 aliphatic rings. The average Bonchev–Trinajstić information content (AvgIpc) is 2.82. The van der Waals surface area contributed by atoms with Crippen molar-refractivity contribution in [2.75, 3.05) is 18.9 Å². The van der Waals surface area contributed by atoms with E-state index in [0.717, 1.165) is 0 Å². The Balaban J connectivity index is 2.22. The molecule has 0 fully saturated rings. The lowest BCUT2D eigenvalue weighted by Crippen LogP contribution is -2.39. The normalized spacial score (nSPS) is 11.6. The molecule has 2 heterocycles. The Morgan fingerprint density at radius 3 is 2.89 bits per heavy atom. The van der Waals surface area contributed by atoms with Crippen molar-refractivity contribution < 1.29 is 4.79 Å². The summed E-state index contributed by atoms with van der Waals surface area (Å²) in [4.78, 5) is 26.8.